The fourth-order valence-electron chi connectivity index (χ4n) is 1.61. The molecule has 0 radical (unpaired) electrons. The number of rotatable bonds is 6. The Kier molecular flexibility index (Phi) is 7.05. The Bertz CT molecular complexity index is 633. The summed E-state index contributed by atoms with van der Waals surface area (Å²) in [7, 11) is -0.432. The van der Waals surface area contributed by atoms with Gasteiger partial charge in [0.25, 0.3) is 0 Å². The zero-order chi connectivity index (χ0) is 15.9. The molecule has 7 heteroatoms. The predicted molar refractivity (Wildman–Crippen MR) is 87.1 cm³/mol. The van der Waals surface area contributed by atoms with Crippen molar-refractivity contribution in [1.82, 2.24) is 4.31 Å². The van der Waals surface area contributed by atoms with E-state index in [1.165, 1.54) is 23.5 Å². The van der Waals surface area contributed by atoms with E-state index in [-0.39, 0.29) is 11.4 Å². The molecule has 0 saturated heterocycles. The molecule has 21 heavy (non-hydrogen) atoms. The van der Waals surface area contributed by atoms with Crippen LogP contribution in [-0.2, 0) is 10.0 Å². The molecule has 0 fully saturated rings. The van der Waals surface area contributed by atoms with Crippen molar-refractivity contribution in [2.75, 3.05) is 39.3 Å². The van der Waals surface area contributed by atoms with Crippen LogP contribution < -0.4 is 10.5 Å². The lowest BCUT2D eigenvalue weighted by molar-refractivity contribution is 0.413. The first-order valence-corrected chi connectivity index (χ1v) is 9.13. The fraction of sp³-hybridized carbons (Fsp3) is 0.429. The van der Waals surface area contributed by atoms with Gasteiger partial charge in [0.1, 0.15) is 5.75 Å². The quantitative estimate of drug-likeness (QED) is 0.789. The van der Waals surface area contributed by atoms with Crippen LogP contribution in [0.4, 0.5) is 0 Å². The van der Waals surface area contributed by atoms with E-state index in [1.807, 2.05) is 6.26 Å². The SMILES string of the molecule is COc1ccc(S(=O)(=O)N(C)CCSC)cc1C#CCN. The summed E-state index contributed by atoms with van der Waals surface area (Å²) in [4.78, 5) is 0.202. The number of methoxy groups -OCH3 is 1. The third kappa shape index (κ3) is 4.64. The number of hydrogen-bond acceptors (Lipinski definition) is 5. The highest BCUT2D eigenvalue weighted by molar-refractivity contribution is 7.98. The van der Waals surface area contributed by atoms with E-state index in [9.17, 15) is 8.42 Å². The Morgan fingerprint density at radius 3 is 2.71 bits per heavy atom. The number of benzene rings is 1. The van der Waals surface area contributed by atoms with E-state index in [4.69, 9.17) is 10.5 Å². The van der Waals surface area contributed by atoms with Crippen molar-refractivity contribution in [2.24, 2.45) is 5.73 Å². The molecule has 0 aromatic heterocycles. The summed E-state index contributed by atoms with van der Waals surface area (Å²) in [6.45, 7) is 0.660. The number of thioether (sulfide) groups is 1. The molecule has 5 nitrogen and oxygen atoms in total. The molecule has 0 bridgehead atoms. The van der Waals surface area contributed by atoms with Gasteiger partial charge in [-0.2, -0.15) is 11.8 Å². The summed E-state index contributed by atoms with van der Waals surface area (Å²) >= 11 is 1.60. The van der Waals surface area contributed by atoms with Crippen LogP contribution >= 0.6 is 11.8 Å². The Balaban J connectivity index is 3.18. The molecule has 0 heterocycles. The first-order chi connectivity index (χ1) is 9.97. The normalized spacial score (nSPS) is 11.1. The lowest BCUT2D eigenvalue weighted by Crippen LogP contribution is -2.29. The average Bonchev–Trinajstić information content (AvgIpc) is 2.49. The standard InChI is InChI=1S/C14H20N2O3S2/c1-16(9-10-20-3)21(17,18)13-6-7-14(19-2)12(11-13)5-4-8-15/h6-7,11H,8-10,15H2,1-3H3. The second-order valence-electron chi connectivity index (χ2n) is 4.19. The van der Waals surface area contributed by atoms with E-state index in [1.54, 1.807) is 24.9 Å². The van der Waals surface area contributed by atoms with E-state index in [0.29, 0.717) is 17.9 Å². The summed E-state index contributed by atoms with van der Waals surface area (Å²) in [5.74, 6) is 6.81. The van der Waals surface area contributed by atoms with Crippen molar-refractivity contribution in [2.45, 2.75) is 4.90 Å². The summed E-state index contributed by atoms with van der Waals surface area (Å²) in [5.41, 5.74) is 5.87. The average molecular weight is 328 g/mol. The van der Waals surface area contributed by atoms with Gasteiger partial charge in [-0.05, 0) is 24.5 Å². The van der Waals surface area contributed by atoms with Crippen molar-refractivity contribution in [1.29, 1.82) is 0 Å². The summed E-state index contributed by atoms with van der Waals surface area (Å²) in [6, 6.07) is 4.65. The summed E-state index contributed by atoms with van der Waals surface area (Å²) in [6.07, 6.45) is 1.94. The molecule has 1 aromatic rings. The Morgan fingerprint density at radius 2 is 2.14 bits per heavy atom. The number of nitrogens with two attached hydrogens (primary N) is 1. The lowest BCUT2D eigenvalue weighted by atomic mass is 10.2. The molecule has 0 saturated carbocycles. The van der Waals surface area contributed by atoms with Crippen molar-refractivity contribution in [3.05, 3.63) is 23.8 Å². The smallest absolute Gasteiger partial charge is 0.242 e. The van der Waals surface area contributed by atoms with Crippen LogP contribution in [0.15, 0.2) is 23.1 Å². The molecule has 1 rings (SSSR count). The van der Waals surface area contributed by atoms with Crippen molar-refractivity contribution < 1.29 is 13.2 Å². The number of sulfonamides is 1. The van der Waals surface area contributed by atoms with Gasteiger partial charge in [-0.3, -0.25) is 0 Å². The molecular formula is C14H20N2O3S2. The highest BCUT2D eigenvalue weighted by Crippen LogP contribution is 2.23. The highest BCUT2D eigenvalue weighted by Gasteiger charge is 2.21. The van der Waals surface area contributed by atoms with E-state index >= 15 is 0 Å². The number of hydrogen-bond donors (Lipinski definition) is 1. The first kappa shape index (κ1) is 17.9. The molecule has 0 aliphatic carbocycles. The van der Waals surface area contributed by atoms with Gasteiger partial charge >= 0.3 is 0 Å². The minimum Gasteiger partial charge on any atom is -0.495 e. The number of nitrogens with zero attached hydrogens (tertiary/aromatic N) is 1. The van der Waals surface area contributed by atoms with Gasteiger partial charge < -0.3 is 10.5 Å². The molecule has 0 aliphatic heterocycles. The third-order valence-corrected chi connectivity index (χ3v) is 5.26. The molecule has 0 amide bonds. The second-order valence-corrected chi connectivity index (χ2v) is 7.22. The first-order valence-electron chi connectivity index (χ1n) is 6.29. The molecular weight excluding hydrogens is 308 g/mol. The van der Waals surface area contributed by atoms with E-state index in [2.05, 4.69) is 11.8 Å². The van der Waals surface area contributed by atoms with Gasteiger partial charge in [-0.15, -0.1) is 0 Å². The minimum absolute atomic E-state index is 0.202. The predicted octanol–water partition coefficient (Wildman–Crippen LogP) is 0.989. The van der Waals surface area contributed by atoms with E-state index < -0.39 is 10.0 Å². The molecule has 0 aliphatic rings. The van der Waals surface area contributed by atoms with Crippen LogP contribution in [0.3, 0.4) is 0 Å². The van der Waals surface area contributed by atoms with E-state index in [0.717, 1.165) is 5.75 Å². The van der Waals surface area contributed by atoms with Crippen LogP contribution in [0.1, 0.15) is 5.56 Å². The molecule has 0 atom stereocenters. The van der Waals surface area contributed by atoms with Crippen LogP contribution in [0, 0.1) is 11.8 Å². The minimum atomic E-state index is -3.52. The Morgan fingerprint density at radius 1 is 1.43 bits per heavy atom. The Labute approximate surface area is 130 Å². The van der Waals surface area contributed by atoms with Crippen molar-refractivity contribution >= 4 is 21.8 Å². The van der Waals surface area contributed by atoms with Crippen LogP contribution in [0.5, 0.6) is 5.75 Å². The fourth-order valence-corrected chi connectivity index (χ4v) is 3.38. The van der Waals surface area contributed by atoms with Crippen LogP contribution in [0.25, 0.3) is 0 Å². The zero-order valence-corrected chi connectivity index (χ0v) is 14.1. The van der Waals surface area contributed by atoms with Gasteiger partial charge in [0.05, 0.1) is 24.1 Å². The van der Waals surface area contributed by atoms with Gasteiger partial charge in [0, 0.05) is 19.3 Å². The van der Waals surface area contributed by atoms with Crippen molar-refractivity contribution in [3.63, 3.8) is 0 Å². The van der Waals surface area contributed by atoms with Gasteiger partial charge in [-0.25, -0.2) is 12.7 Å². The molecule has 116 valence electrons. The van der Waals surface area contributed by atoms with Gasteiger partial charge in [-0.1, -0.05) is 11.8 Å². The largest absolute Gasteiger partial charge is 0.495 e. The van der Waals surface area contributed by atoms with Gasteiger partial charge in [0.15, 0.2) is 0 Å². The van der Waals surface area contributed by atoms with Gasteiger partial charge in [0.2, 0.25) is 10.0 Å². The maximum atomic E-state index is 12.5. The molecule has 1 aromatic carbocycles. The third-order valence-electron chi connectivity index (χ3n) is 2.81. The maximum Gasteiger partial charge on any atom is 0.242 e. The second kappa shape index (κ2) is 8.29. The number of ether oxygens (including phenoxy) is 1. The molecule has 0 spiro atoms. The highest BCUT2D eigenvalue weighted by atomic mass is 32.2. The maximum absolute atomic E-state index is 12.5. The summed E-state index contributed by atoms with van der Waals surface area (Å²) < 4.78 is 31.5. The zero-order valence-electron chi connectivity index (χ0n) is 12.4. The Hall–Kier alpha value is -1.20. The van der Waals surface area contributed by atoms with Crippen LogP contribution in [-0.4, -0.2) is 52.0 Å². The topological polar surface area (TPSA) is 72.6 Å². The monoisotopic (exact) mass is 328 g/mol. The lowest BCUT2D eigenvalue weighted by Gasteiger charge is -2.17. The van der Waals surface area contributed by atoms with Crippen LogP contribution in [0.2, 0.25) is 0 Å². The molecule has 2 N–H and O–H groups in total. The molecule has 0 unspecified atom stereocenters. The van der Waals surface area contributed by atoms with Crippen molar-refractivity contribution in [3.8, 4) is 17.6 Å². The summed E-state index contributed by atoms with van der Waals surface area (Å²) in [5, 5.41) is 0.